The van der Waals surface area contributed by atoms with Gasteiger partial charge in [-0.05, 0) is 56.2 Å². The third-order valence-corrected chi connectivity index (χ3v) is 7.65. The Bertz CT molecular complexity index is 940. The Morgan fingerprint density at radius 3 is 2.66 bits per heavy atom. The van der Waals surface area contributed by atoms with Gasteiger partial charge in [-0.2, -0.15) is 0 Å². The van der Waals surface area contributed by atoms with Crippen LogP contribution in [0.3, 0.4) is 0 Å². The topological polar surface area (TPSA) is 90.9 Å². The molecular formula is C29H43F2N3O4. The summed E-state index contributed by atoms with van der Waals surface area (Å²) in [6.07, 6.45) is 8.42. The first-order valence-electron chi connectivity index (χ1n) is 13.9. The summed E-state index contributed by atoms with van der Waals surface area (Å²) in [4.78, 5) is 28.2. The van der Waals surface area contributed by atoms with Crippen molar-refractivity contribution in [2.45, 2.75) is 95.5 Å². The first-order valence-corrected chi connectivity index (χ1v) is 13.9. The van der Waals surface area contributed by atoms with Crippen LogP contribution in [-0.4, -0.2) is 72.4 Å². The van der Waals surface area contributed by atoms with Crippen molar-refractivity contribution in [2.75, 3.05) is 20.2 Å². The number of hydrogen-bond donors (Lipinski definition) is 3. The number of fused-ring (bicyclic) bond motifs is 2. The summed E-state index contributed by atoms with van der Waals surface area (Å²) in [7, 11) is 1.63. The molecule has 1 saturated carbocycles. The number of likely N-dealkylation sites (N-methyl/N-ethyl adjacent to an activating group) is 1. The van der Waals surface area contributed by atoms with E-state index in [1.807, 2.05) is 19.1 Å². The number of unbranched alkanes of at least 4 members (excludes halogenated alkanes) is 1. The number of ether oxygens (including phenoxy) is 1. The standard InChI is InChI=1S/C29H43F2N3O4/c1-4-5-8-19(2)29(37)34(3)26-9-6-7-12-38-24-11-10-23(17-24)32-18-27(35)25(33-28(26)36)15-20-13-21(30)16-22(31)14-20/h6-7,13-14,16,19,23-27,32,35H,4-5,8-12,15,17-18H2,1-3H3,(H,33,36)/b7-6+/t19-,23-,24+,25-,26-,27+/m0/s1. The minimum Gasteiger partial charge on any atom is -0.390 e. The maximum absolute atomic E-state index is 13.9. The first-order chi connectivity index (χ1) is 18.2. The first kappa shape index (κ1) is 30.2. The minimum absolute atomic E-state index is 0.0345. The third kappa shape index (κ3) is 8.85. The zero-order valence-corrected chi connectivity index (χ0v) is 22.8. The zero-order valence-electron chi connectivity index (χ0n) is 22.8. The van der Waals surface area contributed by atoms with E-state index in [1.165, 1.54) is 17.0 Å². The van der Waals surface area contributed by atoms with E-state index in [1.54, 1.807) is 7.05 Å². The number of hydrogen-bond acceptors (Lipinski definition) is 5. The number of aliphatic hydroxyl groups is 1. The molecule has 38 heavy (non-hydrogen) atoms. The monoisotopic (exact) mass is 535 g/mol. The molecule has 1 aliphatic carbocycles. The van der Waals surface area contributed by atoms with Gasteiger partial charge >= 0.3 is 0 Å². The quantitative estimate of drug-likeness (QED) is 0.465. The summed E-state index contributed by atoms with van der Waals surface area (Å²) in [5.74, 6) is -2.21. The van der Waals surface area contributed by atoms with Crippen molar-refractivity contribution in [1.29, 1.82) is 0 Å². The fourth-order valence-corrected chi connectivity index (χ4v) is 5.31. The molecule has 1 aromatic carbocycles. The van der Waals surface area contributed by atoms with Crippen LogP contribution in [0.2, 0.25) is 0 Å². The fraction of sp³-hybridized carbons (Fsp3) is 0.655. The van der Waals surface area contributed by atoms with Gasteiger partial charge in [-0.15, -0.1) is 0 Å². The van der Waals surface area contributed by atoms with E-state index < -0.39 is 35.7 Å². The second-order valence-electron chi connectivity index (χ2n) is 10.8. The van der Waals surface area contributed by atoms with Crippen LogP contribution in [0.5, 0.6) is 0 Å². The van der Waals surface area contributed by atoms with Gasteiger partial charge in [0.2, 0.25) is 11.8 Å². The van der Waals surface area contributed by atoms with E-state index >= 15 is 0 Å². The van der Waals surface area contributed by atoms with Gasteiger partial charge in [0.25, 0.3) is 0 Å². The van der Waals surface area contributed by atoms with Crippen molar-refractivity contribution in [1.82, 2.24) is 15.5 Å². The van der Waals surface area contributed by atoms with E-state index in [2.05, 4.69) is 17.6 Å². The van der Waals surface area contributed by atoms with Gasteiger partial charge in [0.1, 0.15) is 17.7 Å². The molecule has 1 fully saturated rings. The Kier molecular flexibility index (Phi) is 11.7. The molecule has 0 unspecified atom stereocenters. The summed E-state index contributed by atoms with van der Waals surface area (Å²) in [6.45, 7) is 4.56. The number of nitrogens with one attached hydrogen (secondary N) is 2. The Balaban J connectivity index is 1.85. The normalized spacial score (nSPS) is 28.6. The number of amides is 2. The number of nitrogens with zero attached hydrogens (tertiary/aromatic N) is 1. The second kappa shape index (κ2) is 14.7. The molecule has 0 radical (unpaired) electrons. The van der Waals surface area contributed by atoms with Crippen molar-refractivity contribution in [3.63, 3.8) is 0 Å². The lowest BCUT2D eigenvalue weighted by molar-refractivity contribution is -0.142. The maximum atomic E-state index is 13.9. The van der Waals surface area contributed by atoms with E-state index in [0.717, 1.165) is 44.6 Å². The molecule has 0 spiro atoms. The minimum atomic E-state index is -1.02. The molecule has 2 aliphatic rings. The van der Waals surface area contributed by atoms with E-state index in [9.17, 15) is 23.5 Å². The van der Waals surface area contributed by atoms with Gasteiger partial charge in [0.05, 0.1) is 24.9 Å². The van der Waals surface area contributed by atoms with Crippen LogP contribution in [0.4, 0.5) is 8.78 Å². The van der Waals surface area contributed by atoms with Crippen LogP contribution in [0.1, 0.15) is 64.4 Å². The average molecular weight is 536 g/mol. The number of benzene rings is 1. The van der Waals surface area contributed by atoms with Gasteiger partial charge < -0.3 is 25.4 Å². The zero-order chi connectivity index (χ0) is 27.7. The summed E-state index contributed by atoms with van der Waals surface area (Å²) in [6, 6.07) is 1.74. The second-order valence-corrected chi connectivity index (χ2v) is 10.8. The summed E-state index contributed by atoms with van der Waals surface area (Å²) >= 11 is 0. The van der Waals surface area contributed by atoms with E-state index in [4.69, 9.17) is 4.74 Å². The van der Waals surface area contributed by atoms with Crippen molar-refractivity contribution < 1.29 is 28.2 Å². The number of rotatable bonds is 7. The van der Waals surface area contributed by atoms with Gasteiger partial charge in [0.15, 0.2) is 0 Å². The molecule has 7 nitrogen and oxygen atoms in total. The highest BCUT2D eigenvalue weighted by molar-refractivity contribution is 5.88. The van der Waals surface area contributed by atoms with Crippen LogP contribution in [0.15, 0.2) is 30.4 Å². The van der Waals surface area contributed by atoms with Crippen molar-refractivity contribution in [3.05, 3.63) is 47.5 Å². The molecule has 0 aromatic heterocycles. The Hall–Kier alpha value is -2.36. The van der Waals surface area contributed by atoms with E-state index in [-0.39, 0.29) is 43.4 Å². The molecular weight excluding hydrogens is 492 g/mol. The molecule has 3 rings (SSSR count). The van der Waals surface area contributed by atoms with Gasteiger partial charge in [0, 0.05) is 31.6 Å². The van der Waals surface area contributed by atoms with Crippen LogP contribution < -0.4 is 10.6 Å². The summed E-state index contributed by atoms with van der Waals surface area (Å²) in [5, 5.41) is 17.4. The van der Waals surface area contributed by atoms with Crippen molar-refractivity contribution >= 4 is 11.8 Å². The molecule has 2 amide bonds. The molecule has 1 aliphatic heterocycles. The number of halogens is 2. The molecule has 2 bridgehead atoms. The Morgan fingerprint density at radius 2 is 1.95 bits per heavy atom. The number of β-amino-alcohol motifs (C(OH)–C–C–N with tert-alkyl or cyclic N) is 1. The number of carbonyl (C=O) groups is 2. The van der Waals surface area contributed by atoms with Crippen molar-refractivity contribution in [2.24, 2.45) is 5.92 Å². The highest BCUT2D eigenvalue weighted by atomic mass is 19.1. The smallest absolute Gasteiger partial charge is 0.243 e. The highest BCUT2D eigenvalue weighted by Crippen LogP contribution is 2.23. The maximum Gasteiger partial charge on any atom is 0.243 e. The lowest BCUT2D eigenvalue weighted by Crippen LogP contribution is -2.55. The molecule has 1 aromatic rings. The fourth-order valence-electron chi connectivity index (χ4n) is 5.31. The van der Waals surface area contributed by atoms with Crippen LogP contribution in [-0.2, 0) is 20.7 Å². The van der Waals surface area contributed by atoms with Crippen LogP contribution >= 0.6 is 0 Å². The predicted molar refractivity (Wildman–Crippen MR) is 142 cm³/mol. The number of aliphatic hydroxyl groups excluding tert-OH is 1. The Morgan fingerprint density at radius 1 is 1.21 bits per heavy atom. The van der Waals surface area contributed by atoms with Gasteiger partial charge in [-0.25, -0.2) is 8.78 Å². The molecule has 1 heterocycles. The molecule has 9 heteroatoms. The van der Waals surface area contributed by atoms with Gasteiger partial charge in [-0.1, -0.05) is 38.8 Å². The highest BCUT2D eigenvalue weighted by Gasteiger charge is 2.33. The largest absolute Gasteiger partial charge is 0.390 e. The molecule has 6 atom stereocenters. The van der Waals surface area contributed by atoms with Crippen LogP contribution in [0, 0.1) is 17.6 Å². The van der Waals surface area contributed by atoms with Crippen molar-refractivity contribution in [3.8, 4) is 0 Å². The lowest BCUT2D eigenvalue weighted by Gasteiger charge is -2.32. The predicted octanol–water partition coefficient (Wildman–Crippen LogP) is 3.49. The molecule has 212 valence electrons. The summed E-state index contributed by atoms with van der Waals surface area (Å²) < 4.78 is 33.8. The average Bonchev–Trinajstić information content (AvgIpc) is 3.33. The summed E-state index contributed by atoms with van der Waals surface area (Å²) in [5.41, 5.74) is 0.327. The van der Waals surface area contributed by atoms with E-state index in [0.29, 0.717) is 12.2 Å². The third-order valence-electron chi connectivity index (χ3n) is 7.65. The SMILES string of the molecule is CCCC[C@H](C)C(=O)N(C)[C@H]1C/C=C/CO[C@@H]2CC[C@@H](C2)NC[C@@H](O)[C@H](Cc2cc(F)cc(F)c2)NC1=O. The van der Waals surface area contributed by atoms with Gasteiger partial charge in [-0.3, -0.25) is 9.59 Å². The molecule has 3 N–H and O–H groups in total. The Labute approximate surface area is 225 Å². The van der Waals surface area contributed by atoms with Crippen LogP contribution in [0.25, 0.3) is 0 Å². The number of carbonyl (C=O) groups excluding carboxylic acids is 2. The molecule has 0 saturated heterocycles. The lowest BCUT2D eigenvalue weighted by atomic mass is 9.98.